The maximum Gasteiger partial charge on any atom is 0.340 e. The highest BCUT2D eigenvalue weighted by molar-refractivity contribution is 5.90. The molecule has 0 N–H and O–H groups in total. The molecule has 0 saturated carbocycles. The molecule has 3 rings (SSSR count). The Hall–Kier alpha value is -3.17. The summed E-state index contributed by atoms with van der Waals surface area (Å²) in [4.78, 5) is 24.7. The van der Waals surface area contributed by atoms with Crippen molar-refractivity contribution in [3.05, 3.63) is 70.8 Å². The van der Waals surface area contributed by atoms with E-state index in [-0.39, 0.29) is 6.42 Å². The molecule has 1 aliphatic heterocycles. The molecule has 2 aromatic carbocycles. The molecule has 6 heteroatoms. The standard InChI is InChI=1S/C21H19NO5/c1-13-3-7-15(8-4-13)19(23)26-18-11-17(12-22)25-21(18)27-20(24)16-9-5-14(2)6-10-16/h3-10,17-18,21H,11H2,1-2H3. The zero-order valence-corrected chi connectivity index (χ0v) is 15.0. The lowest BCUT2D eigenvalue weighted by atomic mass is 10.1. The second kappa shape index (κ2) is 8.02. The van der Waals surface area contributed by atoms with Gasteiger partial charge in [-0.3, -0.25) is 0 Å². The molecule has 1 aliphatic rings. The summed E-state index contributed by atoms with van der Waals surface area (Å²) in [7, 11) is 0. The van der Waals surface area contributed by atoms with Crippen molar-refractivity contribution in [1.82, 2.24) is 0 Å². The van der Waals surface area contributed by atoms with Crippen molar-refractivity contribution in [1.29, 1.82) is 5.26 Å². The van der Waals surface area contributed by atoms with Crippen LogP contribution in [0.5, 0.6) is 0 Å². The van der Waals surface area contributed by atoms with E-state index in [1.54, 1.807) is 48.5 Å². The van der Waals surface area contributed by atoms with Crippen LogP contribution in [0.4, 0.5) is 0 Å². The van der Waals surface area contributed by atoms with Crippen LogP contribution in [0, 0.1) is 25.2 Å². The molecular formula is C21H19NO5. The van der Waals surface area contributed by atoms with Crippen molar-refractivity contribution in [2.75, 3.05) is 0 Å². The fraction of sp³-hybridized carbons (Fsp3) is 0.286. The summed E-state index contributed by atoms with van der Waals surface area (Å²) in [5, 5.41) is 9.11. The molecular weight excluding hydrogens is 346 g/mol. The zero-order valence-electron chi connectivity index (χ0n) is 15.0. The van der Waals surface area contributed by atoms with Gasteiger partial charge >= 0.3 is 11.9 Å². The van der Waals surface area contributed by atoms with E-state index in [9.17, 15) is 9.59 Å². The third-order valence-electron chi connectivity index (χ3n) is 4.25. The number of aryl methyl sites for hydroxylation is 2. The molecule has 138 valence electrons. The molecule has 27 heavy (non-hydrogen) atoms. The minimum absolute atomic E-state index is 0.139. The smallest absolute Gasteiger partial charge is 0.340 e. The molecule has 3 atom stereocenters. The van der Waals surface area contributed by atoms with Gasteiger partial charge in [-0.15, -0.1) is 0 Å². The second-order valence-corrected chi connectivity index (χ2v) is 6.44. The Kier molecular flexibility index (Phi) is 5.53. The summed E-state index contributed by atoms with van der Waals surface area (Å²) in [5.74, 6) is -1.16. The number of ether oxygens (including phenoxy) is 3. The Labute approximate surface area is 157 Å². The minimum Gasteiger partial charge on any atom is -0.452 e. The largest absolute Gasteiger partial charge is 0.452 e. The number of rotatable bonds is 4. The third kappa shape index (κ3) is 4.52. The van der Waals surface area contributed by atoms with E-state index in [4.69, 9.17) is 19.5 Å². The van der Waals surface area contributed by atoms with E-state index in [1.165, 1.54) is 0 Å². The maximum absolute atomic E-state index is 12.3. The number of carbonyl (C=O) groups is 2. The van der Waals surface area contributed by atoms with Gasteiger partial charge in [-0.1, -0.05) is 35.4 Å². The van der Waals surface area contributed by atoms with Crippen LogP contribution in [0.1, 0.15) is 38.3 Å². The van der Waals surface area contributed by atoms with E-state index in [0.717, 1.165) is 11.1 Å². The van der Waals surface area contributed by atoms with Gasteiger partial charge in [-0.2, -0.15) is 5.26 Å². The molecule has 0 aliphatic carbocycles. The Balaban J connectivity index is 1.69. The molecule has 0 bridgehead atoms. The summed E-state index contributed by atoms with van der Waals surface area (Å²) in [5.41, 5.74) is 2.76. The van der Waals surface area contributed by atoms with E-state index in [1.807, 2.05) is 19.9 Å². The first-order valence-corrected chi connectivity index (χ1v) is 8.56. The highest BCUT2D eigenvalue weighted by atomic mass is 16.7. The van der Waals surface area contributed by atoms with Crippen LogP contribution >= 0.6 is 0 Å². The lowest BCUT2D eigenvalue weighted by Crippen LogP contribution is -2.31. The zero-order chi connectivity index (χ0) is 19.4. The van der Waals surface area contributed by atoms with Crippen LogP contribution in [-0.4, -0.2) is 30.4 Å². The van der Waals surface area contributed by atoms with Crippen LogP contribution in [0.15, 0.2) is 48.5 Å². The quantitative estimate of drug-likeness (QED) is 0.773. The first kappa shape index (κ1) is 18.6. The minimum atomic E-state index is -1.13. The molecule has 6 nitrogen and oxygen atoms in total. The topological polar surface area (TPSA) is 85.6 Å². The average molecular weight is 365 g/mol. The molecule has 1 heterocycles. The van der Waals surface area contributed by atoms with Crippen molar-refractivity contribution in [2.24, 2.45) is 0 Å². The van der Waals surface area contributed by atoms with E-state index < -0.39 is 30.4 Å². The van der Waals surface area contributed by atoms with E-state index in [0.29, 0.717) is 11.1 Å². The van der Waals surface area contributed by atoms with Crippen LogP contribution in [0.25, 0.3) is 0 Å². The number of benzene rings is 2. The van der Waals surface area contributed by atoms with Gasteiger partial charge in [0.1, 0.15) is 0 Å². The van der Waals surface area contributed by atoms with Crippen LogP contribution in [0.3, 0.4) is 0 Å². The number of nitrogens with zero attached hydrogens (tertiary/aromatic N) is 1. The molecule has 3 unspecified atom stereocenters. The Bertz CT molecular complexity index is 799. The van der Waals surface area contributed by atoms with Gasteiger partial charge < -0.3 is 14.2 Å². The highest BCUT2D eigenvalue weighted by Crippen LogP contribution is 2.26. The summed E-state index contributed by atoms with van der Waals surface area (Å²) in [6.45, 7) is 3.82. The molecule has 2 aromatic rings. The Morgan fingerprint density at radius 1 is 0.926 bits per heavy atom. The first-order chi connectivity index (χ1) is 13.0. The molecule has 0 aromatic heterocycles. The fourth-order valence-corrected chi connectivity index (χ4v) is 2.68. The summed E-state index contributed by atoms with van der Waals surface area (Å²) >= 11 is 0. The Morgan fingerprint density at radius 3 is 1.89 bits per heavy atom. The van der Waals surface area contributed by atoms with Gasteiger partial charge in [0.15, 0.2) is 12.2 Å². The van der Waals surface area contributed by atoms with Crippen molar-refractivity contribution in [3.63, 3.8) is 0 Å². The highest BCUT2D eigenvalue weighted by Gasteiger charge is 2.41. The molecule has 1 saturated heterocycles. The predicted octanol–water partition coefficient (Wildman–Crippen LogP) is 3.32. The van der Waals surface area contributed by atoms with Crippen molar-refractivity contribution in [2.45, 2.75) is 38.8 Å². The van der Waals surface area contributed by atoms with Crippen molar-refractivity contribution in [3.8, 4) is 6.07 Å². The molecule has 0 amide bonds. The van der Waals surface area contributed by atoms with Crippen molar-refractivity contribution < 1.29 is 23.8 Å². The first-order valence-electron chi connectivity index (χ1n) is 8.56. The number of hydrogen-bond acceptors (Lipinski definition) is 6. The van der Waals surface area contributed by atoms with Crippen LogP contribution in [-0.2, 0) is 14.2 Å². The normalized spacial score (nSPS) is 21.3. The van der Waals surface area contributed by atoms with Gasteiger partial charge in [-0.25, -0.2) is 9.59 Å². The van der Waals surface area contributed by atoms with Gasteiger partial charge in [-0.05, 0) is 38.1 Å². The number of carbonyl (C=O) groups excluding carboxylic acids is 2. The van der Waals surface area contributed by atoms with Gasteiger partial charge in [0.25, 0.3) is 0 Å². The lowest BCUT2D eigenvalue weighted by molar-refractivity contribution is -0.129. The fourth-order valence-electron chi connectivity index (χ4n) is 2.68. The van der Waals surface area contributed by atoms with Crippen molar-refractivity contribution >= 4 is 11.9 Å². The van der Waals surface area contributed by atoms with Crippen LogP contribution < -0.4 is 0 Å². The molecule has 0 radical (unpaired) electrons. The van der Waals surface area contributed by atoms with Crippen LogP contribution in [0.2, 0.25) is 0 Å². The Morgan fingerprint density at radius 2 is 1.41 bits per heavy atom. The van der Waals surface area contributed by atoms with E-state index in [2.05, 4.69) is 0 Å². The molecule has 1 fully saturated rings. The average Bonchev–Trinajstić information content (AvgIpc) is 3.04. The van der Waals surface area contributed by atoms with Gasteiger partial charge in [0, 0.05) is 6.42 Å². The lowest BCUT2D eigenvalue weighted by Gasteiger charge is -2.19. The predicted molar refractivity (Wildman–Crippen MR) is 95.9 cm³/mol. The number of hydrogen-bond donors (Lipinski definition) is 0. The van der Waals surface area contributed by atoms with Gasteiger partial charge in [0.05, 0.1) is 17.2 Å². The van der Waals surface area contributed by atoms with Gasteiger partial charge in [0.2, 0.25) is 6.29 Å². The number of esters is 2. The molecule has 0 spiro atoms. The summed E-state index contributed by atoms with van der Waals surface area (Å²) in [6.07, 6.45) is -2.65. The third-order valence-corrected chi connectivity index (χ3v) is 4.25. The summed E-state index contributed by atoms with van der Waals surface area (Å²) < 4.78 is 16.2. The SMILES string of the molecule is Cc1ccc(C(=O)OC2CC(C#N)OC2OC(=O)c2ccc(C)cc2)cc1. The number of nitriles is 1. The monoisotopic (exact) mass is 365 g/mol. The van der Waals surface area contributed by atoms with E-state index >= 15 is 0 Å². The second-order valence-electron chi connectivity index (χ2n) is 6.44. The summed E-state index contributed by atoms with van der Waals surface area (Å²) in [6, 6.07) is 15.7. The maximum atomic E-state index is 12.3.